The topological polar surface area (TPSA) is 55.4 Å². The molecular formula is C25H33N2O3+. The molecule has 0 radical (unpaired) electrons. The Morgan fingerprint density at radius 3 is 2.33 bits per heavy atom. The minimum atomic E-state index is -0.266. The number of nitrogens with zero attached hydrogens (tertiary/aromatic N) is 1. The lowest BCUT2D eigenvalue weighted by Crippen LogP contribution is -2.57. The van der Waals surface area contributed by atoms with Crippen LogP contribution < -0.4 is 5.32 Å². The van der Waals surface area contributed by atoms with Crippen molar-refractivity contribution in [2.24, 2.45) is 0 Å². The second kappa shape index (κ2) is 9.90. The zero-order valence-corrected chi connectivity index (χ0v) is 18.3. The first-order valence-corrected chi connectivity index (χ1v) is 10.8. The van der Waals surface area contributed by atoms with Crippen LogP contribution in [0.1, 0.15) is 48.4 Å². The molecule has 1 heterocycles. The van der Waals surface area contributed by atoms with Gasteiger partial charge in [-0.2, -0.15) is 0 Å². The predicted molar refractivity (Wildman–Crippen MR) is 119 cm³/mol. The molecule has 30 heavy (non-hydrogen) atoms. The standard InChI is InChI=1S/C25H32N2O3/c1-19-11-10-12-20(2)25(19)26-23(28)17-27(18-24(29)30-3)16-9-5-8-15-22(27)21-13-6-4-7-14-21/h4,6-7,10-14,22H,5,8-9,15-18H2,1-3H3/p+1. The number of amides is 1. The van der Waals surface area contributed by atoms with Crippen molar-refractivity contribution in [1.29, 1.82) is 0 Å². The molecule has 0 bridgehead atoms. The predicted octanol–water partition coefficient (Wildman–Crippen LogP) is 4.55. The van der Waals surface area contributed by atoms with Gasteiger partial charge in [-0.25, -0.2) is 4.79 Å². The maximum Gasteiger partial charge on any atom is 0.361 e. The van der Waals surface area contributed by atoms with Crippen LogP contribution in [0.15, 0.2) is 48.5 Å². The van der Waals surface area contributed by atoms with Crippen molar-refractivity contribution >= 4 is 17.6 Å². The van der Waals surface area contributed by atoms with Gasteiger partial charge in [0.05, 0.1) is 13.7 Å². The summed E-state index contributed by atoms with van der Waals surface area (Å²) in [6, 6.07) is 16.4. The molecule has 2 aromatic rings. The normalized spacial score (nSPS) is 21.5. The Balaban J connectivity index is 1.94. The number of likely N-dealkylation sites (tertiary alicyclic amines) is 1. The first kappa shape index (κ1) is 22.0. The molecule has 2 aromatic carbocycles. The second-order valence-corrected chi connectivity index (χ2v) is 8.43. The van der Waals surface area contributed by atoms with Crippen molar-refractivity contribution in [3.63, 3.8) is 0 Å². The average Bonchev–Trinajstić information content (AvgIpc) is 2.93. The quantitative estimate of drug-likeness (QED) is 0.563. The molecule has 3 rings (SSSR count). The fourth-order valence-electron chi connectivity index (χ4n) is 4.76. The van der Waals surface area contributed by atoms with Gasteiger partial charge < -0.3 is 14.5 Å². The van der Waals surface area contributed by atoms with Crippen LogP contribution >= 0.6 is 0 Å². The number of benzene rings is 2. The van der Waals surface area contributed by atoms with E-state index in [0.29, 0.717) is 4.48 Å². The summed E-state index contributed by atoms with van der Waals surface area (Å²) in [6.07, 6.45) is 4.16. The Bertz CT molecular complexity index is 861. The van der Waals surface area contributed by atoms with Crippen molar-refractivity contribution in [1.82, 2.24) is 0 Å². The highest BCUT2D eigenvalue weighted by molar-refractivity contribution is 5.93. The van der Waals surface area contributed by atoms with Crippen LogP contribution in [0.5, 0.6) is 0 Å². The maximum atomic E-state index is 13.3. The highest BCUT2D eigenvalue weighted by Crippen LogP contribution is 2.37. The van der Waals surface area contributed by atoms with E-state index >= 15 is 0 Å². The zero-order valence-electron chi connectivity index (χ0n) is 18.3. The lowest BCUT2D eigenvalue weighted by molar-refractivity contribution is -0.942. The number of esters is 1. The molecule has 2 unspecified atom stereocenters. The molecule has 5 heteroatoms. The van der Waals surface area contributed by atoms with Crippen molar-refractivity contribution in [2.45, 2.75) is 45.6 Å². The van der Waals surface area contributed by atoms with E-state index in [2.05, 4.69) is 17.4 Å². The number of hydrogen-bond donors (Lipinski definition) is 1. The van der Waals surface area contributed by atoms with Crippen LogP contribution in [0.4, 0.5) is 5.69 Å². The third-order valence-electron chi connectivity index (χ3n) is 6.30. The molecule has 2 atom stereocenters. The van der Waals surface area contributed by atoms with E-state index in [-0.39, 0.29) is 31.0 Å². The molecule has 0 aliphatic carbocycles. The molecular weight excluding hydrogens is 376 g/mol. The van der Waals surface area contributed by atoms with Crippen molar-refractivity contribution in [3.05, 3.63) is 65.2 Å². The van der Waals surface area contributed by atoms with E-state index in [0.717, 1.165) is 49.0 Å². The number of para-hydroxylation sites is 1. The Kier molecular flexibility index (Phi) is 7.27. The van der Waals surface area contributed by atoms with E-state index in [1.54, 1.807) is 0 Å². The van der Waals surface area contributed by atoms with Gasteiger partial charge in [0.1, 0.15) is 6.04 Å². The number of ether oxygens (including phenoxy) is 1. The molecule has 0 saturated carbocycles. The average molecular weight is 410 g/mol. The first-order valence-electron chi connectivity index (χ1n) is 10.8. The molecule has 1 N–H and O–H groups in total. The molecule has 0 aromatic heterocycles. The number of anilines is 1. The Morgan fingerprint density at radius 1 is 0.967 bits per heavy atom. The first-order chi connectivity index (χ1) is 14.4. The number of nitrogens with one attached hydrogen (secondary N) is 1. The van der Waals surface area contributed by atoms with E-state index in [4.69, 9.17) is 4.74 Å². The van der Waals surface area contributed by atoms with Crippen molar-refractivity contribution in [2.75, 3.05) is 32.1 Å². The van der Waals surface area contributed by atoms with Gasteiger partial charge >= 0.3 is 5.97 Å². The van der Waals surface area contributed by atoms with E-state index in [9.17, 15) is 9.59 Å². The van der Waals surface area contributed by atoms with Crippen LogP contribution in [-0.4, -0.2) is 43.1 Å². The lowest BCUT2D eigenvalue weighted by atomic mass is 9.98. The molecule has 1 saturated heterocycles. The van der Waals surface area contributed by atoms with Crippen LogP contribution in [-0.2, 0) is 14.3 Å². The molecule has 1 aliphatic heterocycles. The van der Waals surface area contributed by atoms with Gasteiger partial charge in [-0.05, 0) is 44.2 Å². The van der Waals surface area contributed by atoms with Crippen LogP contribution in [0.25, 0.3) is 0 Å². The Morgan fingerprint density at radius 2 is 1.67 bits per heavy atom. The minimum Gasteiger partial charge on any atom is -0.465 e. The maximum absolute atomic E-state index is 13.3. The van der Waals surface area contributed by atoms with E-state index in [1.165, 1.54) is 12.7 Å². The summed E-state index contributed by atoms with van der Waals surface area (Å²) >= 11 is 0. The number of carbonyl (C=O) groups is 2. The van der Waals surface area contributed by atoms with Gasteiger partial charge in [0.15, 0.2) is 13.1 Å². The summed E-state index contributed by atoms with van der Waals surface area (Å²) in [6.45, 7) is 5.24. The van der Waals surface area contributed by atoms with E-state index < -0.39 is 0 Å². The van der Waals surface area contributed by atoms with Gasteiger partial charge in [-0.1, -0.05) is 48.5 Å². The van der Waals surface area contributed by atoms with Crippen molar-refractivity contribution in [3.8, 4) is 0 Å². The minimum absolute atomic E-state index is 0.0564. The third kappa shape index (κ3) is 5.08. The van der Waals surface area contributed by atoms with Crippen LogP contribution in [0.3, 0.4) is 0 Å². The summed E-state index contributed by atoms with van der Waals surface area (Å²) in [7, 11) is 1.42. The van der Waals surface area contributed by atoms with Gasteiger partial charge in [-0.15, -0.1) is 0 Å². The van der Waals surface area contributed by atoms with Crippen molar-refractivity contribution < 1.29 is 18.8 Å². The summed E-state index contributed by atoms with van der Waals surface area (Å²) in [5.74, 6) is -0.322. The van der Waals surface area contributed by atoms with Gasteiger partial charge in [0.25, 0.3) is 5.91 Å². The van der Waals surface area contributed by atoms with Crippen LogP contribution in [0, 0.1) is 13.8 Å². The molecule has 1 fully saturated rings. The number of aryl methyl sites for hydroxylation is 2. The number of methoxy groups -OCH3 is 1. The Hall–Kier alpha value is -2.66. The second-order valence-electron chi connectivity index (χ2n) is 8.43. The zero-order chi connectivity index (χ0) is 21.6. The monoisotopic (exact) mass is 409 g/mol. The van der Waals surface area contributed by atoms with E-state index in [1.807, 2.05) is 50.2 Å². The highest BCUT2D eigenvalue weighted by atomic mass is 16.5. The fraction of sp³-hybridized carbons (Fsp3) is 0.440. The third-order valence-corrected chi connectivity index (χ3v) is 6.30. The summed E-state index contributed by atoms with van der Waals surface area (Å²) in [5.41, 5.74) is 4.13. The van der Waals surface area contributed by atoms with Gasteiger partial charge in [-0.3, -0.25) is 4.79 Å². The lowest BCUT2D eigenvalue weighted by Gasteiger charge is -2.43. The molecule has 0 spiro atoms. The highest BCUT2D eigenvalue weighted by Gasteiger charge is 2.43. The summed E-state index contributed by atoms with van der Waals surface area (Å²) in [4.78, 5) is 25.7. The SMILES string of the molecule is COC(=O)C[N+]1(CC(=O)Nc2c(C)cccc2C)CCCCCC1c1ccccc1. The fourth-order valence-corrected chi connectivity index (χ4v) is 4.76. The van der Waals surface area contributed by atoms with Crippen LogP contribution in [0.2, 0.25) is 0 Å². The number of hydrogen-bond acceptors (Lipinski definition) is 3. The van der Waals surface area contributed by atoms with Gasteiger partial charge in [0, 0.05) is 17.7 Å². The molecule has 5 nitrogen and oxygen atoms in total. The number of quaternary nitrogens is 1. The summed E-state index contributed by atoms with van der Waals surface area (Å²) in [5, 5.41) is 3.13. The number of carbonyl (C=O) groups excluding carboxylic acids is 2. The molecule has 160 valence electrons. The largest absolute Gasteiger partial charge is 0.465 e. The Labute approximate surface area is 179 Å². The molecule has 1 aliphatic rings. The van der Waals surface area contributed by atoms with Gasteiger partial charge in [0.2, 0.25) is 0 Å². The molecule has 1 amide bonds. The number of rotatable bonds is 6. The summed E-state index contributed by atoms with van der Waals surface area (Å²) < 4.78 is 5.47. The smallest absolute Gasteiger partial charge is 0.361 e.